The second kappa shape index (κ2) is 5.25. The van der Waals surface area contributed by atoms with Crippen molar-refractivity contribution in [1.29, 1.82) is 0 Å². The highest BCUT2D eigenvalue weighted by molar-refractivity contribution is 5.75. The summed E-state index contributed by atoms with van der Waals surface area (Å²) < 4.78 is 68.2. The molecule has 0 aromatic heterocycles. The quantitative estimate of drug-likeness (QED) is 0.789. The van der Waals surface area contributed by atoms with Crippen molar-refractivity contribution in [2.75, 3.05) is 0 Å². The molecule has 124 valence electrons. The molecule has 3 rings (SSSR count). The minimum atomic E-state index is -4.57. The van der Waals surface area contributed by atoms with E-state index in [0.717, 1.165) is 6.07 Å². The summed E-state index contributed by atoms with van der Waals surface area (Å²) in [6.07, 6.45) is -3.37. The molecule has 1 saturated carbocycles. The molecule has 0 atom stereocenters. The molecule has 23 heavy (non-hydrogen) atoms. The zero-order valence-electron chi connectivity index (χ0n) is 12.5. The van der Waals surface area contributed by atoms with Crippen LogP contribution in [0.4, 0.5) is 22.0 Å². The number of benzene rings is 1. The van der Waals surface area contributed by atoms with E-state index in [0.29, 0.717) is 18.4 Å². The fourth-order valence-corrected chi connectivity index (χ4v) is 2.88. The summed E-state index contributed by atoms with van der Waals surface area (Å²) >= 11 is 0. The summed E-state index contributed by atoms with van der Waals surface area (Å²) in [5.74, 6) is -2.53. The minimum Gasteiger partial charge on any atom is -0.305 e. The van der Waals surface area contributed by atoms with E-state index in [1.807, 2.05) is 0 Å². The van der Waals surface area contributed by atoms with Gasteiger partial charge in [0.15, 0.2) is 11.6 Å². The molecular weight excluding hydrogens is 315 g/mol. The fourth-order valence-electron chi connectivity index (χ4n) is 2.88. The zero-order chi connectivity index (χ0) is 16.9. The topological polar surface area (TPSA) is 24.1 Å². The number of hydrogen-bond acceptors (Lipinski definition) is 2. The molecule has 0 spiro atoms. The first kappa shape index (κ1) is 15.8. The van der Waals surface area contributed by atoms with Crippen LogP contribution in [0.5, 0.6) is 0 Å². The number of aryl methyl sites for hydroxylation is 1. The maximum Gasteiger partial charge on any atom is 0.418 e. The molecule has 0 saturated heterocycles. The van der Waals surface area contributed by atoms with Crippen molar-refractivity contribution < 1.29 is 22.0 Å². The Morgan fingerprint density at radius 1 is 1.04 bits per heavy atom. The fraction of sp³-hybridized carbons (Fsp3) is 0.375. The van der Waals surface area contributed by atoms with Crippen LogP contribution in [0.15, 0.2) is 29.0 Å². The number of allylic oxidation sites excluding steroid dienone is 3. The first-order valence-electron chi connectivity index (χ1n) is 7.20. The Labute approximate surface area is 130 Å². The van der Waals surface area contributed by atoms with Crippen LogP contribution in [0, 0.1) is 24.5 Å². The molecular formula is C16H15F5N2. The SMILES string of the molecule is CC1=C(C(F)(F)F)C(C2CC2)=C(c2cc(C)cc(F)c2F)NN1. The molecule has 0 bridgehead atoms. The zero-order valence-corrected chi connectivity index (χ0v) is 12.5. The van der Waals surface area contributed by atoms with Crippen molar-refractivity contribution in [3.8, 4) is 0 Å². The number of nitrogens with one attached hydrogen (secondary N) is 2. The average Bonchev–Trinajstić information content (AvgIpc) is 3.25. The third-order valence-corrected chi connectivity index (χ3v) is 4.00. The van der Waals surface area contributed by atoms with Crippen molar-refractivity contribution in [3.63, 3.8) is 0 Å². The van der Waals surface area contributed by atoms with E-state index < -0.39 is 23.4 Å². The van der Waals surface area contributed by atoms with Gasteiger partial charge in [0, 0.05) is 11.3 Å². The molecule has 7 heteroatoms. The summed E-state index contributed by atoms with van der Waals surface area (Å²) in [7, 11) is 0. The van der Waals surface area contributed by atoms with Crippen LogP contribution < -0.4 is 10.9 Å². The molecule has 1 aromatic carbocycles. The summed E-state index contributed by atoms with van der Waals surface area (Å²) in [5.41, 5.74) is 4.40. The molecule has 1 aromatic rings. The standard InChI is InChI=1S/C16H15F5N2/c1-7-5-10(14(18)11(17)6-7)15-12(9-3-4-9)13(16(19,20)21)8(2)22-23-15/h5-6,9,22-23H,3-4H2,1-2H3. The van der Waals surface area contributed by atoms with Gasteiger partial charge in [-0.3, -0.25) is 0 Å². The Kier molecular flexibility index (Phi) is 3.61. The lowest BCUT2D eigenvalue weighted by Crippen LogP contribution is -2.38. The van der Waals surface area contributed by atoms with Gasteiger partial charge in [0.05, 0.1) is 11.3 Å². The third kappa shape index (κ3) is 2.80. The lowest BCUT2D eigenvalue weighted by Gasteiger charge is -2.29. The largest absolute Gasteiger partial charge is 0.418 e. The monoisotopic (exact) mass is 330 g/mol. The van der Waals surface area contributed by atoms with E-state index in [1.54, 1.807) is 6.92 Å². The van der Waals surface area contributed by atoms with Gasteiger partial charge in [-0.25, -0.2) is 8.78 Å². The Morgan fingerprint density at radius 2 is 1.70 bits per heavy atom. The van der Waals surface area contributed by atoms with Gasteiger partial charge < -0.3 is 10.9 Å². The van der Waals surface area contributed by atoms with E-state index in [-0.39, 0.29) is 28.4 Å². The normalized spacial score (nSPS) is 18.9. The second-order valence-corrected chi connectivity index (χ2v) is 5.92. The van der Waals surface area contributed by atoms with Gasteiger partial charge in [0.25, 0.3) is 0 Å². The Morgan fingerprint density at radius 3 is 2.26 bits per heavy atom. The molecule has 1 aliphatic heterocycles. The first-order chi connectivity index (χ1) is 10.7. The van der Waals surface area contributed by atoms with E-state index in [2.05, 4.69) is 10.9 Å². The number of alkyl halides is 3. The van der Waals surface area contributed by atoms with E-state index in [1.165, 1.54) is 13.0 Å². The number of halogens is 5. The lowest BCUT2D eigenvalue weighted by molar-refractivity contribution is -0.0911. The molecule has 0 radical (unpaired) electrons. The summed E-state index contributed by atoms with van der Waals surface area (Å²) in [6.45, 7) is 2.87. The van der Waals surface area contributed by atoms with Gasteiger partial charge in [-0.15, -0.1) is 0 Å². The van der Waals surface area contributed by atoms with Crippen LogP contribution in [-0.2, 0) is 0 Å². The van der Waals surface area contributed by atoms with Gasteiger partial charge in [-0.1, -0.05) is 0 Å². The predicted octanol–water partition coefficient (Wildman–Crippen LogP) is 4.34. The van der Waals surface area contributed by atoms with Gasteiger partial charge >= 0.3 is 6.18 Å². The first-order valence-corrected chi connectivity index (χ1v) is 7.20. The van der Waals surface area contributed by atoms with E-state index in [9.17, 15) is 22.0 Å². The summed E-state index contributed by atoms with van der Waals surface area (Å²) in [4.78, 5) is 0. The highest BCUT2D eigenvalue weighted by Gasteiger charge is 2.46. The smallest absolute Gasteiger partial charge is 0.305 e. The Bertz CT molecular complexity index is 727. The van der Waals surface area contributed by atoms with E-state index in [4.69, 9.17) is 0 Å². The average molecular weight is 330 g/mol. The number of hydrazine groups is 1. The third-order valence-electron chi connectivity index (χ3n) is 4.00. The van der Waals surface area contributed by atoms with Crippen molar-refractivity contribution in [1.82, 2.24) is 10.9 Å². The van der Waals surface area contributed by atoms with Crippen molar-refractivity contribution in [2.24, 2.45) is 5.92 Å². The molecule has 2 N–H and O–H groups in total. The van der Waals surface area contributed by atoms with Crippen LogP contribution in [-0.4, -0.2) is 6.18 Å². The maximum atomic E-state index is 14.2. The number of hydrogen-bond donors (Lipinski definition) is 2. The van der Waals surface area contributed by atoms with Crippen LogP contribution in [0.1, 0.15) is 30.9 Å². The Balaban J connectivity index is 2.26. The summed E-state index contributed by atoms with van der Waals surface area (Å²) in [6, 6.07) is 2.36. The number of rotatable bonds is 2. The molecule has 1 fully saturated rings. The summed E-state index contributed by atoms with van der Waals surface area (Å²) in [5, 5.41) is 0. The predicted molar refractivity (Wildman–Crippen MR) is 75.8 cm³/mol. The van der Waals surface area contributed by atoms with Gasteiger partial charge in [0.2, 0.25) is 0 Å². The van der Waals surface area contributed by atoms with Crippen molar-refractivity contribution >= 4 is 5.70 Å². The molecule has 1 heterocycles. The van der Waals surface area contributed by atoms with Gasteiger partial charge in [-0.2, -0.15) is 13.2 Å². The Hall–Kier alpha value is -2.05. The lowest BCUT2D eigenvalue weighted by atomic mass is 9.92. The van der Waals surface area contributed by atoms with Gasteiger partial charge in [0.1, 0.15) is 0 Å². The highest BCUT2D eigenvalue weighted by Crippen LogP contribution is 2.49. The van der Waals surface area contributed by atoms with Crippen molar-refractivity contribution in [3.05, 3.63) is 51.7 Å². The molecule has 0 unspecified atom stereocenters. The molecule has 1 aliphatic carbocycles. The highest BCUT2D eigenvalue weighted by atomic mass is 19.4. The van der Waals surface area contributed by atoms with Crippen LogP contribution in [0.25, 0.3) is 5.70 Å². The maximum absolute atomic E-state index is 14.2. The van der Waals surface area contributed by atoms with Crippen molar-refractivity contribution in [2.45, 2.75) is 32.9 Å². The van der Waals surface area contributed by atoms with Gasteiger partial charge in [-0.05, 0) is 55.9 Å². The van der Waals surface area contributed by atoms with Crippen LogP contribution >= 0.6 is 0 Å². The van der Waals surface area contributed by atoms with Crippen LogP contribution in [0.3, 0.4) is 0 Å². The van der Waals surface area contributed by atoms with Crippen LogP contribution in [0.2, 0.25) is 0 Å². The minimum absolute atomic E-state index is 0.0117. The molecule has 2 nitrogen and oxygen atoms in total. The second-order valence-electron chi connectivity index (χ2n) is 5.92. The molecule has 2 aliphatic rings. The van der Waals surface area contributed by atoms with E-state index >= 15 is 0 Å². The molecule has 0 amide bonds.